The van der Waals surface area contributed by atoms with Gasteiger partial charge in [-0.3, -0.25) is 0 Å². The van der Waals surface area contributed by atoms with Gasteiger partial charge in [-0.05, 0) is 30.4 Å². The first-order valence-corrected chi connectivity index (χ1v) is 5.72. The van der Waals surface area contributed by atoms with Gasteiger partial charge in [0.1, 0.15) is 0 Å². The molecule has 0 saturated heterocycles. The molecule has 1 nitrogen and oxygen atoms in total. The van der Waals surface area contributed by atoms with Gasteiger partial charge in [0.15, 0.2) is 0 Å². The normalized spacial score (nSPS) is 21.5. The van der Waals surface area contributed by atoms with E-state index in [1.165, 1.54) is 37.1 Å². The molecule has 0 aromatic heterocycles. The number of aryl methyl sites for hydroxylation is 1. The molecule has 1 saturated carbocycles. The Kier molecular flexibility index (Phi) is 1.64. The van der Waals surface area contributed by atoms with Crippen LogP contribution >= 0.6 is 0 Å². The van der Waals surface area contributed by atoms with Crippen LogP contribution in [0.3, 0.4) is 0 Å². The number of benzene rings is 1. The lowest BCUT2D eigenvalue weighted by Gasteiger charge is -2.38. The molecule has 74 valence electrons. The van der Waals surface area contributed by atoms with Crippen molar-refractivity contribution in [3.63, 3.8) is 0 Å². The van der Waals surface area contributed by atoms with Gasteiger partial charge < -0.3 is 5.32 Å². The van der Waals surface area contributed by atoms with Crippen LogP contribution in [0.15, 0.2) is 18.2 Å². The fourth-order valence-corrected chi connectivity index (χ4v) is 2.95. The minimum atomic E-state index is 0.528. The quantitative estimate of drug-likeness (QED) is 0.712. The van der Waals surface area contributed by atoms with Gasteiger partial charge >= 0.3 is 0 Å². The molecule has 1 heterocycles. The Morgan fingerprint density at radius 1 is 1.36 bits per heavy atom. The molecule has 1 aromatic carbocycles. The number of fused-ring (bicyclic) bond motifs is 2. The summed E-state index contributed by atoms with van der Waals surface area (Å²) in [5.41, 5.74) is 5.07. The average Bonchev–Trinajstić information content (AvgIpc) is 2.55. The fourth-order valence-electron chi connectivity index (χ4n) is 2.95. The molecule has 1 aliphatic carbocycles. The fraction of sp³-hybridized carbons (Fsp3) is 0.538. The highest BCUT2D eigenvalue weighted by Gasteiger charge is 2.43. The van der Waals surface area contributed by atoms with E-state index in [2.05, 4.69) is 30.4 Å². The minimum Gasteiger partial charge on any atom is -0.384 e. The largest absolute Gasteiger partial charge is 0.384 e. The third-order valence-corrected chi connectivity index (χ3v) is 4.02. The van der Waals surface area contributed by atoms with Crippen LogP contribution in [0.5, 0.6) is 0 Å². The molecule has 1 N–H and O–H groups in total. The number of hydrogen-bond acceptors (Lipinski definition) is 1. The first-order chi connectivity index (χ1) is 6.86. The van der Waals surface area contributed by atoms with E-state index < -0.39 is 0 Å². The Balaban J connectivity index is 2.11. The highest BCUT2D eigenvalue weighted by molar-refractivity contribution is 5.65. The van der Waals surface area contributed by atoms with Crippen LogP contribution in [0, 0.1) is 0 Å². The lowest BCUT2D eigenvalue weighted by Crippen LogP contribution is -2.35. The van der Waals surface area contributed by atoms with Crippen molar-refractivity contribution in [2.24, 2.45) is 0 Å². The van der Waals surface area contributed by atoms with Gasteiger partial charge in [-0.25, -0.2) is 0 Å². The summed E-state index contributed by atoms with van der Waals surface area (Å²) in [5.74, 6) is 0. The Hall–Kier alpha value is -0.980. The topological polar surface area (TPSA) is 12.0 Å². The molecule has 3 rings (SSSR count). The first kappa shape index (κ1) is 8.34. The Bertz CT molecular complexity index is 363. The van der Waals surface area contributed by atoms with Gasteiger partial charge in [0, 0.05) is 17.6 Å². The van der Waals surface area contributed by atoms with Crippen LogP contribution in [0.1, 0.15) is 37.3 Å². The summed E-state index contributed by atoms with van der Waals surface area (Å²) >= 11 is 0. The smallest absolute Gasteiger partial charge is 0.0411 e. The zero-order valence-electron chi connectivity index (χ0n) is 8.77. The van der Waals surface area contributed by atoms with E-state index in [1.807, 2.05) is 0 Å². The Morgan fingerprint density at radius 2 is 2.21 bits per heavy atom. The summed E-state index contributed by atoms with van der Waals surface area (Å²) in [7, 11) is 0. The van der Waals surface area contributed by atoms with Gasteiger partial charge in [0.2, 0.25) is 0 Å². The van der Waals surface area contributed by atoms with Crippen molar-refractivity contribution in [3.05, 3.63) is 29.3 Å². The maximum atomic E-state index is 3.61. The zero-order chi connectivity index (χ0) is 9.60. The molecule has 14 heavy (non-hydrogen) atoms. The lowest BCUT2D eigenvalue weighted by molar-refractivity contribution is 0.272. The lowest BCUT2D eigenvalue weighted by atomic mass is 9.65. The van der Waals surface area contributed by atoms with Crippen molar-refractivity contribution in [1.82, 2.24) is 0 Å². The third kappa shape index (κ3) is 0.902. The van der Waals surface area contributed by atoms with Crippen molar-refractivity contribution in [1.29, 1.82) is 0 Å². The summed E-state index contributed by atoms with van der Waals surface area (Å²) in [4.78, 5) is 0. The third-order valence-electron chi connectivity index (χ3n) is 4.02. The number of hydrogen-bond donors (Lipinski definition) is 1. The van der Waals surface area contributed by atoms with E-state index in [-0.39, 0.29) is 0 Å². The summed E-state index contributed by atoms with van der Waals surface area (Å²) in [6.07, 6.45) is 5.34. The summed E-state index contributed by atoms with van der Waals surface area (Å²) in [6.45, 7) is 3.42. The standard InChI is InChI=1S/C13H17N/c1-2-10-5-3-6-11-12(10)14-9-13(11)7-4-8-13/h3,5-6,14H,2,4,7-9H2,1H3. The molecule has 1 aromatic rings. The summed E-state index contributed by atoms with van der Waals surface area (Å²) in [6, 6.07) is 6.81. The molecule has 0 unspecified atom stereocenters. The van der Waals surface area contributed by atoms with Crippen molar-refractivity contribution in [2.75, 3.05) is 11.9 Å². The number of nitrogens with one attached hydrogen (secondary N) is 1. The minimum absolute atomic E-state index is 0.528. The molecule has 1 heteroatoms. The summed E-state index contributed by atoms with van der Waals surface area (Å²) in [5, 5.41) is 3.61. The van der Waals surface area contributed by atoms with Gasteiger partial charge in [0.05, 0.1) is 0 Å². The second-order valence-electron chi connectivity index (χ2n) is 4.68. The molecule has 0 atom stereocenters. The number of para-hydroxylation sites is 1. The van der Waals surface area contributed by atoms with Crippen molar-refractivity contribution in [2.45, 2.75) is 38.0 Å². The first-order valence-electron chi connectivity index (χ1n) is 5.72. The molecule has 1 fully saturated rings. The van der Waals surface area contributed by atoms with E-state index in [0.29, 0.717) is 5.41 Å². The Labute approximate surface area is 85.5 Å². The number of anilines is 1. The predicted molar refractivity (Wildman–Crippen MR) is 59.8 cm³/mol. The molecule has 1 aliphatic heterocycles. The highest BCUT2D eigenvalue weighted by atomic mass is 14.9. The van der Waals surface area contributed by atoms with Gasteiger partial charge in [-0.1, -0.05) is 31.5 Å². The molecule has 0 radical (unpaired) electrons. The zero-order valence-corrected chi connectivity index (χ0v) is 8.77. The molecule has 2 aliphatic rings. The average molecular weight is 187 g/mol. The summed E-state index contributed by atoms with van der Waals surface area (Å²) < 4.78 is 0. The van der Waals surface area contributed by atoms with Crippen LogP contribution in [-0.2, 0) is 11.8 Å². The van der Waals surface area contributed by atoms with Crippen molar-refractivity contribution < 1.29 is 0 Å². The maximum absolute atomic E-state index is 3.61. The van der Waals surface area contributed by atoms with E-state index >= 15 is 0 Å². The van der Waals surface area contributed by atoms with Crippen LogP contribution in [0.2, 0.25) is 0 Å². The van der Waals surface area contributed by atoms with Crippen LogP contribution in [0.25, 0.3) is 0 Å². The second kappa shape index (κ2) is 2.75. The molecule has 0 bridgehead atoms. The maximum Gasteiger partial charge on any atom is 0.0411 e. The van der Waals surface area contributed by atoms with Crippen molar-refractivity contribution >= 4 is 5.69 Å². The second-order valence-corrected chi connectivity index (χ2v) is 4.68. The van der Waals surface area contributed by atoms with Gasteiger partial charge in [-0.2, -0.15) is 0 Å². The molecule has 1 spiro atoms. The van der Waals surface area contributed by atoms with Crippen LogP contribution in [-0.4, -0.2) is 6.54 Å². The van der Waals surface area contributed by atoms with E-state index in [4.69, 9.17) is 0 Å². The van der Waals surface area contributed by atoms with E-state index in [1.54, 1.807) is 5.56 Å². The van der Waals surface area contributed by atoms with E-state index in [0.717, 1.165) is 6.42 Å². The predicted octanol–water partition coefficient (Wildman–Crippen LogP) is 3.10. The molecular weight excluding hydrogens is 170 g/mol. The molecular formula is C13H17N. The van der Waals surface area contributed by atoms with Crippen LogP contribution in [0.4, 0.5) is 5.69 Å². The molecule has 0 amide bonds. The Morgan fingerprint density at radius 3 is 2.86 bits per heavy atom. The van der Waals surface area contributed by atoms with Gasteiger partial charge in [0.25, 0.3) is 0 Å². The van der Waals surface area contributed by atoms with E-state index in [9.17, 15) is 0 Å². The SMILES string of the molecule is CCc1cccc2c1NCC21CCC1. The van der Waals surface area contributed by atoms with Gasteiger partial charge in [-0.15, -0.1) is 0 Å². The number of rotatable bonds is 1. The van der Waals surface area contributed by atoms with Crippen LogP contribution < -0.4 is 5.32 Å². The van der Waals surface area contributed by atoms with Crippen molar-refractivity contribution in [3.8, 4) is 0 Å². The highest BCUT2D eigenvalue weighted by Crippen LogP contribution is 2.50. The monoisotopic (exact) mass is 187 g/mol.